The van der Waals surface area contributed by atoms with Crippen LogP contribution in [0.1, 0.15) is 30.6 Å². The van der Waals surface area contributed by atoms with Gasteiger partial charge in [0.1, 0.15) is 11.5 Å². The molecule has 1 aromatic carbocycles. The summed E-state index contributed by atoms with van der Waals surface area (Å²) in [5.74, 6) is 1.10. The van der Waals surface area contributed by atoms with Crippen LogP contribution in [0.5, 0.6) is 5.75 Å². The van der Waals surface area contributed by atoms with Gasteiger partial charge >= 0.3 is 0 Å². The third kappa shape index (κ3) is 3.83. The standard InChI is InChI=1S/C19H21NO3/c21-18-11-5-4-9-16(18)13-20(14-17-10-6-12-23-17)19(22)15-7-2-1-3-8-15/h1-2,4-6,9-12,15,21H,3,7-8,13-14H2. The summed E-state index contributed by atoms with van der Waals surface area (Å²) < 4.78 is 5.40. The van der Waals surface area contributed by atoms with E-state index >= 15 is 0 Å². The molecule has 1 N–H and O–H groups in total. The summed E-state index contributed by atoms with van der Waals surface area (Å²) in [4.78, 5) is 14.7. The number of nitrogens with zero attached hydrogens (tertiary/aromatic N) is 1. The van der Waals surface area contributed by atoms with Gasteiger partial charge in [0.15, 0.2) is 0 Å². The summed E-state index contributed by atoms with van der Waals surface area (Å²) in [5, 5.41) is 10.0. The van der Waals surface area contributed by atoms with Crippen LogP contribution >= 0.6 is 0 Å². The van der Waals surface area contributed by atoms with Crippen LogP contribution in [0.25, 0.3) is 0 Å². The summed E-state index contributed by atoms with van der Waals surface area (Å²) in [6.07, 6.45) is 8.43. The molecule has 0 spiro atoms. The van der Waals surface area contributed by atoms with Crippen molar-refractivity contribution in [3.63, 3.8) is 0 Å². The van der Waals surface area contributed by atoms with Gasteiger partial charge in [0.2, 0.25) is 5.91 Å². The Balaban J connectivity index is 1.79. The molecule has 0 radical (unpaired) electrons. The maximum atomic E-state index is 12.9. The van der Waals surface area contributed by atoms with E-state index in [9.17, 15) is 9.90 Å². The lowest BCUT2D eigenvalue weighted by Crippen LogP contribution is -2.35. The van der Waals surface area contributed by atoms with Crippen molar-refractivity contribution < 1.29 is 14.3 Å². The summed E-state index contributed by atoms with van der Waals surface area (Å²) in [6.45, 7) is 0.798. The minimum absolute atomic E-state index is 0.0146. The number of amides is 1. The van der Waals surface area contributed by atoms with Crippen LogP contribution in [0.3, 0.4) is 0 Å². The van der Waals surface area contributed by atoms with Gasteiger partial charge in [-0.1, -0.05) is 30.4 Å². The molecule has 2 aromatic rings. The topological polar surface area (TPSA) is 53.7 Å². The molecule has 4 nitrogen and oxygen atoms in total. The first-order valence-corrected chi connectivity index (χ1v) is 7.97. The zero-order valence-corrected chi connectivity index (χ0v) is 13.0. The first-order chi connectivity index (χ1) is 11.2. The van der Waals surface area contributed by atoms with Crippen LogP contribution in [0.2, 0.25) is 0 Å². The highest BCUT2D eigenvalue weighted by Crippen LogP contribution is 2.25. The van der Waals surface area contributed by atoms with E-state index in [1.54, 1.807) is 23.3 Å². The number of phenolic OH excluding ortho intramolecular Hbond substituents is 1. The predicted molar refractivity (Wildman–Crippen MR) is 87.5 cm³/mol. The average Bonchev–Trinajstić information content (AvgIpc) is 3.09. The zero-order chi connectivity index (χ0) is 16.1. The molecule has 1 unspecified atom stereocenters. The van der Waals surface area contributed by atoms with Crippen LogP contribution < -0.4 is 0 Å². The number of phenols is 1. The Bertz CT molecular complexity index is 676. The van der Waals surface area contributed by atoms with Crippen molar-refractivity contribution in [1.82, 2.24) is 4.90 Å². The molecular formula is C19H21NO3. The molecule has 0 fully saturated rings. The molecule has 120 valence electrons. The Hall–Kier alpha value is -2.49. The number of aromatic hydroxyl groups is 1. The third-order valence-corrected chi connectivity index (χ3v) is 4.21. The SMILES string of the molecule is O=C(C1CC=CCC1)N(Cc1ccco1)Cc1ccccc1O. The van der Waals surface area contributed by atoms with Crippen LogP contribution in [-0.2, 0) is 17.9 Å². The van der Waals surface area contributed by atoms with Crippen molar-refractivity contribution in [2.24, 2.45) is 5.92 Å². The van der Waals surface area contributed by atoms with E-state index < -0.39 is 0 Å². The minimum Gasteiger partial charge on any atom is -0.508 e. The van der Waals surface area contributed by atoms with Gasteiger partial charge in [-0.15, -0.1) is 0 Å². The van der Waals surface area contributed by atoms with Gasteiger partial charge in [-0.3, -0.25) is 4.79 Å². The molecule has 1 aliphatic rings. The molecular weight excluding hydrogens is 290 g/mol. The van der Waals surface area contributed by atoms with Gasteiger partial charge in [0.05, 0.1) is 12.8 Å². The number of furan rings is 1. The highest BCUT2D eigenvalue weighted by molar-refractivity contribution is 5.79. The first kappa shape index (κ1) is 15.4. The van der Waals surface area contributed by atoms with Gasteiger partial charge in [-0.25, -0.2) is 0 Å². The highest BCUT2D eigenvalue weighted by Gasteiger charge is 2.25. The van der Waals surface area contributed by atoms with E-state index in [4.69, 9.17) is 4.42 Å². The fraction of sp³-hybridized carbons (Fsp3) is 0.316. The number of rotatable bonds is 5. The number of benzene rings is 1. The maximum absolute atomic E-state index is 12.9. The second-order valence-corrected chi connectivity index (χ2v) is 5.88. The Labute approximate surface area is 136 Å². The summed E-state index contributed by atoms with van der Waals surface area (Å²) in [6, 6.07) is 10.8. The Morgan fingerprint density at radius 3 is 2.74 bits per heavy atom. The van der Waals surface area contributed by atoms with Crippen LogP contribution in [0.4, 0.5) is 0 Å². The van der Waals surface area contributed by atoms with Gasteiger partial charge in [-0.2, -0.15) is 0 Å². The lowest BCUT2D eigenvalue weighted by Gasteiger charge is -2.27. The quantitative estimate of drug-likeness (QED) is 0.853. The van der Waals surface area contributed by atoms with E-state index in [-0.39, 0.29) is 17.6 Å². The first-order valence-electron chi connectivity index (χ1n) is 7.97. The number of hydrogen-bond acceptors (Lipinski definition) is 3. The lowest BCUT2D eigenvalue weighted by molar-refractivity contribution is -0.137. The molecule has 0 saturated carbocycles. The van der Waals surface area contributed by atoms with Gasteiger partial charge < -0.3 is 14.4 Å². The number of para-hydroxylation sites is 1. The van der Waals surface area contributed by atoms with E-state index in [1.165, 1.54) is 0 Å². The largest absolute Gasteiger partial charge is 0.508 e. The lowest BCUT2D eigenvalue weighted by atomic mass is 9.93. The molecule has 1 heterocycles. The summed E-state index contributed by atoms with van der Waals surface area (Å²) in [5.41, 5.74) is 0.749. The van der Waals surface area contributed by atoms with Crippen molar-refractivity contribution in [2.75, 3.05) is 0 Å². The van der Waals surface area contributed by atoms with Crippen molar-refractivity contribution in [2.45, 2.75) is 32.4 Å². The second-order valence-electron chi connectivity index (χ2n) is 5.88. The molecule has 23 heavy (non-hydrogen) atoms. The monoisotopic (exact) mass is 311 g/mol. The molecule has 0 saturated heterocycles. The summed E-state index contributed by atoms with van der Waals surface area (Å²) >= 11 is 0. The average molecular weight is 311 g/mol. The smallest absolute Gasteiger partial charge is 0.226 e. The predicted octanol–water partition coefficient (Wildman–Crippen LogP) is 3.87. The van der Waals surface area contributed by atoms with E-state index in [2.05, 4.69) is 12.2 Å². The number of carbonyl (C=O) groups is 1. The molecule has 1 atom stereocenters. The van der Waals surface area contributed by atoms with Crippen molar-refractivity contribution in [3.05, 3.63) is 66.1 Å². The van der Waals surface area contributed by atoms with Crippen molar-refractivity contribution >= 4 is 5.91 Å². The van der Waals surface area contributed by atoms with E-state index in [0.29, 0.717) is 13.1 Å². The maximum Gasteiger partial charge on any atom is 0.226 e. The molecule has 0 aliphatic heterocycles. The van der Waals surface area contributed by atoms with Crippen molar-refractivity contribution in [3.8, 4) is 5.75 Å². The van der Waals surface area contributed by atoms with Crippen LogP contribution in [0, 0.1) is 5.92 Å². The van der Waals surface area contributed by atoms with Gasteiger partial charge in [0.25, 0.3) is 0 Å². The van der Waals surface area contributed by atoms with Crippen LogP contribution in [0.15, 0.2) is 59.2 Å². The van der Waals surface area contributed by atoms with E-state index in [0.717, 1.165) is 30.6 Å². The Morgan fingerprint density at radius 2 is 2.04 bits per heavy atom. The molecule has 3 rings (SSSR count). The fourth-order valence-corrected chi connectivity index (χ4v) is 2.93. The molecule has 1 aromatic heterocycles. The molecule has 4 heteroatoms. The van der Waals surface area contributed by atoms with Gasteiger partial charge in [0, 0.05) is 18.0 Å². The zero-order valence-electron chi connectivity index (χ0n) is 13.0. The normalized spacial score (nSPS) is 17.1. The highest BCUT2D eigenvalue weighted by atomic mass is 16.3. The summed E-state index contributed by atoms with van der Waals surface area (Å²) in [7, 11) is 0. The minimum atomic E-state index is 0.0146. The van der Waals surface area contributed by atoms with Crippen molar-refractivity contribution in [1.29, 1.82) is 0 Å². The third-order valence-electron chi connectivity index (χ3n) is 4.21. The van der Waals surface area contributed by atoms with E-state index in [1.807, 2.05) is 24.3 Å². The second kappa shape index (κ2) is 7.18. The van der Waals surface area contributed by atoms with Crippen LogP contribution in [-0.4, -0.2) is 15.9 Å². The fourth-order valence-electron chi connectivity index (χ4n) is 2.93. The number of allylic oxidation sites excluding steroid dienone is 2. The van der Waals surface area contributed by atoms with Gasteiger partial charge in [-0.05, 0) is 37.5 Å². The molecule has 0 bridgehead atoms. The number of hydrogen-bond donors (Lipinski definition) is 1. The molecule has 1 aliphatic carbocycles. The Morgan fingerprint density at radius 1 is 1.17 bits per heavy atom. The number of carbonyl (C=O) groups excluding carboxylic acids is 1. The molecule has 1 amide bonds. The Kier molecular flexibility index (Phi) is 4.81.